The largest absolute Gasteiger partial charge is 0.231 e. The van der Waals surface area contributed by atoms with Gasteiger partial charge >= 0.3 is 0 Å². The van der Waals surface area contributed by atoms with Crippen molar-refractivity contribution >= 4 is 49.4 Å². The lowest BCUT2D eigenvalue weighted by Gasteiger charge is -1.94. The zero-order chi connectivity index (χ0) is 11.7. The second-order valence-electron chi connectivity index (χ2n) is 3.67. The predicted octanol–water partition coefficient (Wildman–Crippen LogP) is 4.78. The topological polar surface area (TPSA) is 25.8 Å². The number of allylic oxidation sites excluding steroid dienone is 1. The van der Waals surface area contributed by atoms with Gasteiger partial charge in [0.25, 0.3) is 0 Å². The number of nitrogens with zero attached hydrogens (tertiary/aromatic N) is 2. The summed E-state index contributed by atoms with van der Waals surface area (Å²) in [5, 5.41) is 2.11. The summed E-state index contributed by atoms with van der Waals surface area (Å²) < 4.78 is 3.21. The highest BCUT2D eigenvalue weighted by molar-refractivity contribution is 9.10. The zero-order valence-corrected chi connectivity index (χ0v) is 12.5. The lowest BCUT2D eigenvalue weighted by molar-refractivity contribution is 1.17. The van der Waals surface area contributed by atoms with Crippen LogP contribution < -0.4 is 0 Å². The Morgan fingerprint density at radius 3 is 2.88 bits per heavy atom. The summed E-state index contributed by atoms with van der Waals surface area (Å²) in [5.74, 6) is 0. The van der Waals surface area contributed by atoms with Gasteiger partial charge in [0, 0.05) is 4.47 Å². The summed E-state index contributed by atoms with van der Waals surface area (Å²) in [6.45, 7) is 6.14. The van der Waals surface area contributed by atoms with Crippen LogP contribution in [0.1, 0.15) is 19.5 Å². The van der Waals surface area contributed by atoms with E-state index in [0.29, 0.717) is 0 Å². The first-order valence-corrected chi connectivity index (χ1v) is 7.29. The summed E-state index contributed by atoms with van der Waals surface area (Å²) in [5.41, 5.74) is 3.11. The quantitative estimate of drug-likeness (QED) is 0.746. The van der Waals surface area contributed by atoms with Gasteiger partial charge in [-0.2, -0.15) is 0 Å². The molecular formula is C11H11BrN2S2. The molecule has 0 radical (unpaired) electrons. The van der Waals surface area contributed by atoms with Crippen LogP contribution in [0, 0.1) is 6.92 Å². The van der Waals surface area contributed by atoms with E-state index >= 15 is 0 Å². The smallest absolute Gasteiger partial charge is 0.171 e. The van der Waals surface area contributed by atoms with E-state index in [1.807, 2.05) is 6.92 Å². The molecule has 0 saturated heterocycles. The van der Waals surface area contributed by atoms with Gasteiger partial charge in [-0.3, -0.25) is 0 Å². The molecule has 0 spiro atoms. The second kappa shape index (κ2) is 4.85. The van der Waals surface area contributed by atoms with Gasteiger partial charge in [0.05, 0.1) is 10.4 Å². The molecule has 0 aliphatic carbocycles. The van der Waals surface area contributed by atoms with E-state index < -0.39 is 0 Å². The number of hydrogen-bond donors (Lipinski definition) is 0. The summed E-state index contributed by atoms with van der Waals surface area (Å²) in [6, 6.07) is 2.09. The number of fused-ring (bicyclic) bond motifs is 1. The van der Waals surface area contributed by atoms with Gasteiger partial charge in [-0.1, -0.05) is 17.3 Å². The van der Waals surface area contributed by atoms with Crippen LogP contribution in [-0.2, 0) is 0 Å². The average Bonchev–Trinajstić information content (AvgIpc) is 2.58. The van der Waals surface area contributed by atoms with E-state index in [0.717, 1.165) is 24.9 Å². The summed E-state index contributed by atoms with van der Waals surface area (Å²) >= 11 is 6.82. The zero-order valence-electron chi connectivity index (χ0n) is 9.24. The van der Waals surface area contributed by atoms with E-state index in [4.69, 9.17) is 0 Å². The maximum absolute atomic E-state index is 4.49. The Morgan fingerprint density at radius 2 is 2.19 bits per heavy atom. The molecule has 0 aliphatic heterocycles. The van der Waals surface area contributed by atoms with Crippen LogP contribution in [0.15, 0.2) is 25.9 Å². The lowest BCUT2D eigenvalue weighted by Crippen LogP contribution is -1.83. The van der Waals surface area contributed by atoms with Crippen molar-refractivity contribution in [1.29, 1.82) is 0 Å². The number of hydrogen-bond acceptors (Lipinski definition) is 4. The highest BCUT2D eigenvalue weighted by atomic mass is 79.9. The minimum Gasteiger partial charge on any atom is -0.231 e. The van der Waals surface area contributed by atoms with Crippen molar-refractivity contribution in [2.45, 2.75) is 25.1 Å². The molecule has 0 saturated carbocycles. The predicted molar refractivity (Wildman–Crippen MR) is 75.1 cm³/mol. The fraction of sp³-hybridized carbons (Fsp3) is 0.273. The van der Waals surface area contributed by atoms with Crippen LogP contribution in [0.25, 0.3) is 10.3 Å². The first-order valence-electron chi connectivity index (χ1n) is 4.80. The Bertz CT molecular complexity index is 517. The molecule has 0 unspecified atom stereocenters. The maximum atomic E-state index is 4.49. The Morgan fingerprint density at radius 1 is 1.44 bits per heavy atom. The second-order valence-corrected chi connectivity index (χ2v) is 6.67. The van der Waals surface area contributed by atoms with Crippen molar-refractivity contribution in [2.75, 3.05) is 0 Å². The summed E-state index contributed by atoms with van der Waals surface area (Å²) in [6.07, 6.45) is 0. The van der Waals surface area contributed by atoms with E-state index in [9.17, 15) is 0 Å². The van der Waals surface area contributed by atoms with Gasteiger partial charge in [0.1, 0.15) is 0 Å². The molecule has 2 heterocycles. The van der Waals surface area contributed by atoms with Crippen molar-refractivity contribution in [3.63, 3.8) is 0 Å². The van der Waals surface area contributed by atoms with Gasteiger partial charge in [-0.15, -0.1) is 11.3 Å². The van der Waals surface area contributed by atoms with Crippen molar-refractivity contribution in [1.82, 2.24) is 9.97 Å². The highest BCUT2D eigenvalue weighted by Gasteiger charge is 2.07. The molecule has 2 aromatic heterocycles. The molecule has 2 nitrogen and oxygen atoms in total. The number of aryl methyl sites for hydroxylation is 1. The number of thioether (sulfide) groups is 1. The van der Waals surface area contributed by atoms with Gasteiger partial charge in [-0.05, 0) is 48.2 Å². The number of pyridine rings is 1. The summed E-state index contributed by atoms with van der Waals surface area (Å²) in [4.78, 5) is 8.93. The molecule has 16 heavy (non-hydrogen) atoms. The molecule has 2 rings (SSSR count). The molecule has 5 heteroatoms. The minimum atomic E-state index is 0.843. The maximum Gasteiger partial charge on any atom is 0.171 e. The highest BCUT2D eigenvalue weighted by Crippen LogP contribution is 2.32. The third kappa shape index (κ3) is 2.64. The normalized spacial score (nSPS) is 10.8. The van der Waals surface area contributed by atoms with Gasteiger partial charge in [0.15, 0.2) is 9.99 Å². The molecule has 0 aromatic carbocycles. The SMILES string of the molecule is CC(C)=CSc1nc2nc(C)c(Br)cc2s1. The van der Waals surface area contributed by atoms with Crippen LogP contribution in [0.5, 0.6) is 0 Å². The van der Waals surface area contributed by atoms with E-state index in [2.05, 4.69) is 51.2 Å². The molecule has 84 valence electrons. The molecule has 0 bridgehead atoms. The Balaban J connectivity index is 2.40. The van der Waals surface area contributed by atoms with Crippen LogP contribution in [0.3, 0.4) is 0 Å². The average molecular weight is 315 g/mol. The van der Waals surface area contributed by atoms with Gasteiger partial charge < -0.3 is 0 Å². The van der Waals surface area contributed by atoms with Gasteiger partial charge in [0.2, 0.25) is 0 Å². The molecular weight excluding hydrogens is 304 g/mol. The van der Waals surface area contributed by atoms with Crippen LogP contribution >= 0.6 is 39.0 Å². The standard InChI is InChI=1S/C11H11BrN2S2/c1-6(2)5-15-11-14-10-9(16-11)4-8(12)7(3)13-10/h4-5H,1-3H3. The Kier molecular flexibility index (Phi) is 3.66. The van der Waals surface area contributed by atoms with E-state index in [-0.39, 0.29) is 0 Å². The van der Waals surface area contributed by atoms with Crippen LogP contribution in [0.4, 0.5) is 0 Å². The van der Waals surface area contributed by atoms with Crippen LogP contribution in [-0.4, -0.2) is 9.97 Å². The van der Waals surface area contributed by atoms with Crippen molar-refractivity contribution in [3.05, 3.63) is 27.2 Å². The van der Waals surface area contributed by atoms with E-state index in [1.54, 1.807) is 23.1 Å². The fourth-order valence-electron chi connectivity index (χ4n) is 1.13. The van der Waals surface area contributed by atoms with Gasteiger partial charge in [-0.25, -0.2) is 9.97 Å². The lowest BCUT2D eigenvalue weighted by atomic mass is 10.4. The number of halogens is 1. The molecule has 2 aromatic rings. The van der Waals surface area contributed by atoms with E-state index in [1.165, 1.54) is 5.57 Å². The first kappa shape index (κ1) is 12.1. The third-order valence-electron chi connectivity index (χ3n) is 1.89. The van der Waals surface area contributed by atoms with Crippen LogP contribution in [0.2, 0.25) is 0 Å². The third-order valence-corrected chi connectivity index (χ3v) is 4.90. The molecule has 0 atom stereocenters. The Hall–Kier alpha value is -0.390. The number of thiazole rings is 1. The first-order chi connectivity index (χ1) is 7.56. The van der Waals surface area contributed by atoms with Crippen molar-refractivity contribution in [3.8, 4) is 0 Å². The molecule has 0 amide bonds. The minimum absolute atomic E-state index is 0.843. The fourth-order valence-corrected chi connectivity index (χ4v) is 3.36. The number of rotatable bonds is 2. The van der Waals surface area contributed by atoms with Crippen molar-refractivity contribution < 1.29 is 0 Å². The summed E-state index contributed by atoms with van der Waals surface area (Å²) in [7, 11) is 0. The monoisotopic (exact) mass is 314 g/mol. The Labute approximate surface area is 111 Å². The molecule has 0 N–H and O–H groups in total. The molecule has 0 aliphatic rings. The van der Waals surface area contributed by atoms with Crippen molar-refractivity contribution in [2.24, 2.45) is 0 Å². The number of aromatic nitrogens is 2. The molecule has 0 fully saturated rings.